The summed E-state index contributed by atoms with van der Waals surface area (Å²) in [6.07, 6.45) is 16.3. The van der Waals surface area contributed by atoms with Crippen LogP contribution in [0.2, 0.25) is 0 Å². The first-order valence-electron chi connectivity index (χ1n) is 10.9. The minimum Gasteiger partial charge on any atom is -0.381 e. The Balaban J connectivity index is 2.20. The minimum absolute atomic E-state index is 0.144. The average Bonchev–Trinajstić information content (AvgIpc) is 2.63. The zero-order chi connectivity index (χ0) is 18.9. The van der Waals surface area contributed by atoms with Gasteiger partial charge in [-0.2, -0.15) is 0 Å². The van der Waals surface area contributed by atoms with E-state index in [9.17, 15) is 9.59 Å². The van der Waals surface area contributed by atoms with Crippen molar-refractivity contribution < 1.29 is 14.3 Å². The molecular formula is C21H40N2O3. The van der Waals surface area contributed by atoms with Crippen molar-refractivity contribution in [1.29, 1.82) is 0 Å². The fourth-order valence-corrected chi connectivity index (χ4v) is 3.36. The van der Waals surface area contributed by atoms with Crippen molar-refractivity contribution in [2.75, 3.05) is 19.8 Å². The molecule has 1 aliphatic carbocycles. The summed E-state index contributed by atoms with van der Waals surface area (Å²) in [5.74, 6) is -0.987. The van der Waals surface area contributed by atoms with Gasteiger partial charge < -0.3 is 15.4 Å². The molecule has 5 heteroatoms. The maximum Gasteiger partial charge on any atom is 0.309 e. The maximum atomic E-state index is 12.1. The topological polar surface area (TPSA) is 67.4 Å². The number of hydrogen-bond acceptors (Lipinski definition) is 3. The number of nitrogens with one attached hydrogen (secondary N) is 2. The summed E-state index contributed by atoms with van der Waals surface area (Å²) >= 11 is 0. The van der Waals surface area contributed by atoms with Crippen LogP contribution in [0.5, 0.6) is 0 Å². The molecule has 1 aliphatic rings. The first-order valence-corrected chi connectivity index (χ1v) is 10.9. The first-order chi connectivity index (χ1) is 12.7. The zero-order valence-corrected chi connectivity index (χ0v) is 16.8. The Labute approximate surface area is 160 Å². The minimum atomic E-state index is -0.510. The van der Waals surface area contributed by atoms with Gasteiger partial charge in [0.2, 0.25) is 0 Å². The van der Waals surface area contributed by atoms with E-state index in [0.717, 1.165) is 51.6 Å². The highest BCUT2D eigenvalue weighted by Gasteiger charge is 2.18. The van der Waals surface area contributed by atoms with E-state index in [1.54, 1.807) is 0 Å². The lowest BCUT2D eigenvalue weighted by Gasteiger charge is -2.19. The van der Waals surface area contributed by atoms with E-state index in [1.165, 1.54) is 44.9 Å². The third-order valence-corrected chi connectivity index (χ3v) is 5.04. The largest absolute Gasteiger partial charge is 0.381 e. The summed E-state index contributed by atoms with van der Waals surface area (Å²) in [4.78, 5) is 24.1. The van der Waals surface area contributed by atoms with Gasteiger partial charge in [0.1, 0.15) is 0 Å². The first kappa shape index (κ1) is 22.9. The van der Waals surface area contributed by atoms with E-state index >= 15 is 0 Å². The number of amides is 2. The van der Waals surface area contributed by atoms with Gasteiger partial charge in [-0.15, -0.1) is 0 Å². The molecule has 0 aliphatic heterocycles. The van der Waals surface area contributed by atoms with Gasteiger partial charge in [0.05, 0.1) is 0 Å². The van der Waals surface area contributed by atoms with Crippen molar-refractivity contribution in [2.24, 2.45) is 0 Å². The van der Waals surface area contributed by atoms with Gasteiger partial charge in [-0.3, -0.25) is 9.59 Å². The van der Waals surface area contributed by atoms with Crippen LogP contribution in [0.3, 0.4) is 0 Å². The van der Waals surface area contributed by atoms with Crippen LogP contribution in [-0.2, 0) is 14.3 Å². The Bertz CT molecular complexity index is 362. The van der Waals surface area contributed by atoms with Crippen LogP contribution in [0.1, 0.15) is 96.8 Å². The molecule has 2 amide bonds. The normalized spacial score (nSPS) is 17.7. The van der Waals surface area contributed by atoms with E-state index in [4.69, 9.17) is 4.74 Å². The van der Waals surface area contributed by atoms with Crippen LogP contribution in [0.15, 0.2) is 0 Å². The highest BCUT2D eigenvalue weighted by atomic mass is 16.5. The Morgan fingerprint density at radius 2 is 1.35 bits per heavy atom. The second-order valence-electron chi connectivity index (χ2n) is 7.51. The lowest BCUT2D eigenvalue weighted by molar-refractivity contribution is -0.139. The third kappa shape index (κ3) is 12.3. The number of unbranched alkanes of at least 4 members (excludes halogenated alkanes) is 1. The number of ether oxygens (including phenoxy) is 1. The van der Waals surface area contributed by atoms with Gasteiger partial charge in [-0.1, -0.05) is 71.1 Å². The van der Waals surface area contributed by atoms with Gasteiger partial charge in [0.15, 0.2) is 0 Å². The Morgan fingerprint density at radius 3 is 1.92 bits per heavy atom. The van der Waals surface area contributed by atoms with E-state index in [2.05, 4.69) is 17.6 Å². The summed E-state index contributed by atoms with van der Waals surface area (Å²) in [5, 5.41) is 5.66. The number of hydrogen-bond donors (Lipinski definition) is 2. The molecular weight excluding hydrogens is 328 g/mol. The standard InChI is InChI=1S/C21H40N2O3/c1-2-3-17-26-18-13-16-22-20(24)21(25)23-19-14-11-9-7-5-4-6-8-10-12-15-19/h19H,2-18H2,1H3,(H,22,24)(H,23,25). The SMILES string of the molecule is CCCCOCCCNC(=O)C(=O)NC1CCCCCCCCCCC1. The fourth-order valence-electron chi connectivity index (χ4n) is 3.36. The smallest absolute Gasteiger partial charge is 0.309 e. The predicted molar refractivity (Wildman–Crippen MR) is 106 cm³/mol. The van der Waals surface area contributed by atoms with Gasteiger partial charge in [0, 0.05) is 25.8 Å². The molecule has 0 heterocycles. The molecule has 1 rings (SSSR count). The molecule has 0 unspecified atom stereocenters. The van der Waals surface area contributed by atoms with E-state index in [1.807, 2.05) is 0 Å². The van der Waals surface area contributed by atoms with Crippen LogP contribution in [-0.4, -0.2) is 37.6 Å². The summed E-state index contributed by atoms with van der Waals surface area (Å²) in [5.41, 5.74) is 0. The van der Waals surface area contributed by atoms with E-state index < -0.39 is 11.8 Å². The van der Waals surface area contributed by atoms with Crippen molar-refractivity contribution in [1.82, 2.24) is 10.6 Å². The van der Waals surface area contributed by atoms with E-state index in [-0.39, 0.29) is 6.04 Å². The molecule has 0 saturated heterocycles. The molecule has 2 N–H and O–H groups in total. The van der Waals surface area contributed by atoms with Crippen molar-refractivity contribution >= 4 is 11.8 Å². The van der Waals surface area contributed by atoms with Crippen LogP contribution in [0.4, 0.5) is 0 Å². The molecule has 0 bridgehead atoms. The lowest BCUT2D eigenvalue weighted by Crippen LogP contribution is -2.45. The second-order valence-corrected chi connectivity index (χ2v) is 7.51. The van der Waals surface area contributed by atoms with Gasteiger partial charge in [0.25, 0.3) is 0 Å². The Hall–Kier alpha value is -1.10. The van der Waals surface area contributed by atoms with Crippen LogP contribution in [0.25, 0.3) is 0 Å². The number of carbonyl (C=O) groups is 2. The molecule has 0 atom stereocenters. The monoisotopic (exact) mass is 368 g/mol. The van der Waals surface area contributed by atoms with Gasteiger partial charge in [-0.05, 0) is 25.7 Å². The summed E-state index contributed by atoms with van der Waals surface area (Å²) < 4.78 is 5.45. The van der Waals surface area contributed by atoms with E-state index in [0.29, 0.717) is 13.2 Å². The van der Waals surface area contributed by atoms with Gasteiger partial charge >= 0.3 is 11.8 Å². The maximum absolute atomic E-state index is 12.1. The fraction of sp³-hybridized carbons (Fsp3) is 0.905. The van der Waals surface area contributed by atoms with Crippen molar-refractivity contribution in [3.05, 3.63) is 0 Å². The third-order valence-electron chi connectivity index (χ3n) is 5.04. The number of rotatable bonds is 8. The molecule has 26 heavy (non-hydrogen) atoms. The van der Waals surface area contributed by atoms with Crippen molar-refractivity contribution in [2.45, 2.75) is 103 Å². The molecule has 0 aromatic carbocycles. The van der Waals surface area contributed by atoms with Crippen LogP contribution < -0.4 is 10.6 Å². The highest BCUT2D eigenvalue weighted by molar-refractivity contribution is 6.35. The molecule has 5 nitrogen and oxygen atoms in total. The lowest BCUT2D eigenvalue weighted by atomic mass is 9.98. The summed E-state index contributed by atoms with van der Waals surface area (Å²) in [7, 11) is 0. The van der Waals surface area contributed by atoms with Crippen LogP contribution >= 0.6 is 0 Å². The van der Waals surface area contributed by atoms with Crippen molar-refractivity contribution in [3.8, 4) is 0 Å². The van der Waals surface area contributed by atoms with Crippen LogP contribution in [0, 0.1) is 0 Å². The number of carbonyl (C=O) groups excluding carboxylic acids is 2. The van der Waals surface area contributed by atoms with Gasteiger partial charge in [-0.25, -0.2) is 0 Å². The molecule has 1 fully saturated rings. The Kier molecular flexibility index (Phi) is 14.2. The molecule has 0 aromatic heterocycles. The molecule has 1 saturated carbocycles. The predicted octanol–water partition coefficient (Wildman–Crippen LogP) is 4.10. The molecule has 0 aromatic rings. The van der Waals surface area contributed by atoms with Crippen molar-refractivity contribution in [3.63, 3.8) is 0 Å². The quantitative estimate of drug-likeness (QED) is 0.501. The molecule has 0 radical (unpaired) electrons. The highest BCUT2D eigenvalue weighted by Crippen LogP contribution is 2.16. The zero-order valence-electron chi connectivity index (χ0n) is 16.8. The summed E-state index contributed by atoms with van der Waals surface area (Å²) in [6.45, 7) is 4.02. The molecule has 0 spiro atoms. The second kappa shape index (κ2) is 16.1. The molecule has 152 valence electrons. The Morgan fingerprint density at radius 1 is 0.808 bits per heavy atom. The summed E-state index contributed by atoms with van der Waals surface area (Å²) in [6, 6.07) is 0.144. The average molecular weight is 369 g/mol.